The SMILES string of the molecule is O=C(CO/N=C/c1cccc([N+](=O)[O-])c1)Nc1ccc(F)c(F)c1F. The van der Waals surface area contributed by atoms with Crippen LogP contribution in [-0.4, -0.2) is 23.7 Å². The Morgan fingerprint density at radius 2 is 2.00 bits per heavy atom. The molecule has 25 heavy (non-hydrogen) atoms. The van der Waals surface area contributed by atoms with Gasteiger partial charge in [-0.05, 0) is 12.1 Å². The number of carbonyl (C=O) groups is 1. The second-order valence-electron chi connectivity index (χ2n) is 4.63. The maximum atomic E-state index is 13.4. The van der Waals surface area contributed by atoms with Crippen molar-refractivity contribution in [2.75, 3.05) is 11.9 Å². The third kappa shape index (κ3) is 4.77. The average molecular weight is 353 g/mol. The van der Waals surface area contributed by atoms with Gasteiger partial charge in [-0.2, -0.15) is 0 Å². The molecular weight excluding hydrogens is 343 g/mol. The minimum absolute atomic E-state index is 0.143. The summed E-state index contributed by atoms with van der Waals surface area (Å²) >= 11 is 0. The van der Waals surface area contributed by atoms with Gasteiger partial charge in [0.25, 0.3) is 11.6 Å². The highest BCUT2D eigenvalue weighted by Crippen LogP contribution is 2.19. The molecule has 0 aromatic heterocycles. The maximum absolute atomic E-state index is 13.4. The fraction of sp³-hybridized carbons (Fsp3) is 0.0667. The number of halogens is 3. The lowest BCUT2D eigenvalue weighted by atomic mass is 10.2. The van der Waals surface area contributed by atoms with Crippen LogP contribution in [-0.2, 0) is 9.63 Å². The summed E-state index contributed by atoms with van der Waals surface area (Å²) in [4.78, 5) is 26.2. The number of non-ortho nitro benzene ring substituents is 1. The molecule has 2 aromatic rings. The van der Waals surface area contributed by atoms with Crippen molar-refractivity contribution in [3.63, 3.8) is 0 Å². The number of nitrogens with one attached hydrogen (secondary N) is 1. The first-order chi connectivity index (χ1) is 11.9. The highest BCUT2D eigenvalue weighted by molar-refractivity contribution is 5.91. The molecule has 0 radical (unpaired) electrons. The molecule has 10 heteroatoms. The van der Waals surface area contributed by atoms with Gasteiger partial charge in [-0.3, -0.25) is 14.9 Å². The molecule has 0 aliphatic rings. The van der Waals surface area contributed by atoms with Gasteiger partial charge in [-0.1, -0.05) is 17.3 Å². The number of hydrogen-bond acceptors (Lipinski definition) is 5. The molecule has 130 valence electrons. The second kappa shape index (κ2) is 7.90. The molecule has 0 heterocycles. The number of anilines is 1. The third-order valence-corrected chi connectivity index (χ3v) is 2.86. The monoisotopic (exact) mass is 353 g/mol. The Kier molecular flexibility index (Phi) is 5.66. The zero-order chi connectivity index (χ0) is 18.4. The lowest BCUT2D eigenvalue weighted by Crippen LogP contribution is -2.18. The maximum Gasteiger partial charge on any atom is 0.270 e. The van der Waals surface area contributed by atoms with Crippen LogP contribution in [0.25, 0.3) is 0 Å². The molecule has 0 bridgehead atoms. The minimum Gasteiger partial charge on any atom is -0.386 e. The summed E-state index contributed by atoms with van der Waals surface area (Å²) in [5.41, 5.74) is -0.327. The normalized spacial score (nSPS) is 10.7. The Morgan fingerprint density at radius 1 is 1.24 bits per heavy atom. The zero-order valence-electron chi connectivity index (χ0n) is 12.4. The van der Waals surface area contributed by atoms with Crippen LogP contribution < -0.4 is 5.32 Å². The molecule has 7 nitrogen and oxygen atoms in total. The molecule has 0 saturated heterocycles. The van der Waals surface area contributed by atoms with E-state index < -0.39 is 40.6 Å². The van der Waals surface area contributed by atoms with Gasteiger partial charge in [0, 0.05) is 17.7 Å². The lowest BCUT2D eigenvalue weighted by molar-refractivity contribution is -0.384. The fourth-order valence-corrected chi connectivity index (χ4v) is 1.72. The van der Waals surface area contributed by atoms with Crippen molar-refractivity contribution in [3.8, 4) is 0 Å². The van der Waals surface area contributed by atoms with Gasteiger partial charge in [0.2, 0.25) is 0 Å². The molecule has 2 aromatic carbocycles. The Balaban J connectivity index is 1.89. The zero-order valence-corrected chi connectivity index (χ0v) is 12.4. The van der Waals surface area contributed by atoms with Crippen LogP contribution in [0.5, 0.6) is 0 Å². The first-order valence-corrected chi connectivity index (χ1v) is 6.71. The van der Waals surface area contributed by atoms with Gasteiger partial charge in [-0.25, -0.2) is 13.2 Å². The molecule has 0 saturated carbocycles. The molecule has 2 rings (SSSR count). The average Bonchev–Trinajstić information content (AvgIpc) is 2.59. The third-order valence-electron chi connectivity index (χ3n) is 2.86. The molecule has 0 fully saturated rings. The smallest absolute Gasteiger partial charge is 0.270 e. The van der Waals surface area contributed by atoms with Crippen molar-refractivity contribution < 1.29 is 27.7 Å². The van der Waals surface area contributed by atoms with E-state index in [0.29, 0.717) is 11.6 Å². The van der Waals surface area contributed by atoms with Gasteiger partial charge >= 0.3 is 0 Å². The largest absolute Gasteiger partial charge is 0.386 e. The Morgan fingerprint density at radius 3 is 2.72 bits per heavy atom. The van der Waals surface area contributed by atoms with E-state index in [1.165, 1.54) is 24.3 Å². The van der Waals surface area contributed by atoms with Gasteiger partial charge < -0.3 is 10.2 Å². The van der Waals surface area contributed by atoms with Crippen molar-refractivity contribution in [3.05, 3.63) is 69.5 Å². The molecule has 0 spiro atoms. The number of oxime groups is 1. The summed E-state index contributed by atoms with van der Waals surface area (Å²) in [6.45, 7) is -0.635. The molecule has 1 N–H and O–H groups in total. The molecule has 0 aliphatic heterocycles. The first kappa shape index (κ1) is 17.9. The van der Waals surface area contributed by atoms with Crippen LogP contribution in [0.3, 0.4) is 0 Å². The van der Waals surface area contributed by atoms with Crippen molar-refractivity contribution in [1.29, 1.82) is 0 Å². The second-order valence-corrected chi connectivity index (χ2v) is 4.63. The Bertz CT molecular complexity index is 843. The molecular formula is C15H10F3N3O4. The molecule has 1 amide bonds. The number of rotatable bonds is 6. The van der Waals surface area contributed by atoms with Crippen molar-refractivity contribution >= 4 is 23.5 Å². The van der Waals surface area contributed by atoms with Crippen LogP contribution in [0.4, 0.5) is 24.5 Å². The molecule has 0 unspecified atom stereocenters. The molecule has 0 atom stereocenters. The number of nitro groups is 1. The van der Waals surface area contributed by atoms with E-state index in [4.69, 9.17) is 0 Å². The van der Waals surface area contributed by atoms with E-state index in [-0.39, 0.29) is 5.69 Å². The summed E-state index contributed by atoms with van der Waals surface area (Å²) in [6.07, 6.45) is 1.14. The van der Waals surface area contributed by atoms with E-state index in [1.54, 1.807) is 0 Å². The number of nitrogens with zero attached hydrogens (tertiary/aromatic N) is 2. The van der Waals surface area contributed by atoms with Crippen LogP contribution in [0.1, 0.15) is 5.56 Å². The summed E-state index contributed by atoms with van der Waals surface area (Å²) in [7, 11) is 0. The topological polar surface area (TPSA) is 93.8 Å². The summed E-state index contributed by atoms with van der Waals surface area (Å²) < 4.78 is 39.2. The van der Waals surface area contributed by atoms with Gasteiger partial charge in [0.05, 0.1) is 16.8 Å². The van der Waals surface area contributed by atoms with Gasteiger partial charge in [0.15, 0.2) is 24.1 Å². The van der Waals surface area contributed by atoms with Crippen molar-refractivity contribution in [1.82, 2.24) is 0 Å². The number of carbonyl (C=O) groups excluding carboxylic acids is 1. The van der Waals surface area contributed by atoms with Gasteiger partial charge in [-0.15, -0.1) is 0 Å². The quantitative estimate of drug-likeness (QED) is 0.374. The van der Waals surface area contributed by atoms with Crippen LogP contribution in [0, 0.1) is 27.6 Å². The lowest BCUT2D eigenvalue weighted by Gasteiger charge is -2.06. The first-order valence-electron chi connectivity index (χ1n) is 6.71. The predicted molar refractivity (Wildman–Crippen MR) is 81.6 cm³/mol. The predicted octanol–water partition coefficient (Wildman–Crippen LogP) is 3.00. The fourth-order valence-electron chi connectivity index (χ4n) is 1.72. The standard InChI is InChI=1S/C15H10F3N3O4/c16-11-4-5-12(15(18)14(11)17)20-13(22)8-25-19-7-9-2-1-3-10(6-9)21(23)24/h1-7H,8H2,(H,20,22)/b19-7+. The Hall–Kier alpha value is -3.43. The number of amides is 1. The summed E-state index contributed by atoms with van der Waals surface area (Å²) in [5.74, 6) is -5.48. The van der Waals surface area contributed by atoms with Crippen LogP contribution >= 0.6 is 0 Å². The van der Waals surface area contributed by atoms with E-state index in [2.05, 4.69) is 9.99 Å². The van der Waals surface area contributed by atoms with Crippen molar-refractivity contribution in [2.45, 2.75) is 0 Å². The Labute approximate surface area is 138 Å². The van der Waals surface area contributed by atoms with E-state index >= 15 is 0 Å². The van der Waals surface area contributed by atoms with Gasteiger partial charge in [0.1, 0.15) is 0 Å². The minimum atomic E-state index is -1.71. The van der Waals surface area contributed by atoms with E-state index in [9.17, 15) is 28.1 Å². The van der Waals surface area contributed by atoms with Crippen molar-refractivity contribution in [2.24, 2.45) is 5.16 Å². The van der Waals surface area contributed by atoms with Crippen LogP contribution in [0.15, 0.2) is 41.6 Å². The van der Waals surface area contributed by atoms with E-state index in [1.807, 2.05) is 5.32 Å². The number of hydrogen-bond donors (Lipinski definition) is 1. The van der Waals surface area contributed by atoms with Crippen LogP contribution in [0.2, 0.25) is 0 Å². The highest BCUT2D eigenvalue weighted by Gasteiger charge is 2.15. The molecule has 0 aliphatic carbocycles. The summed E-state index contributed by atoms with van der Waals surface area (Å²) in [6, 6.07) is 7.02. The van der Waals surface area contributed by atoms with E-state index in [0.717, 1.165) is 12.3 Å². The number of nitro benzene ring substituents is 1. The summed E-state index contributed by atoms with van der Waals surface area (Å²) in [5, 5.41) is 16.0. The number of benzene rings is 2. The highest BCUT2D eigenvalue weighted by atomic mass is 19.2.